The predicted octanol–water partition coefficient (Wildman–Crippen LogP) is 0.656. The highest BCUT2D eigenvalue weighted by molar-refractivity contribution is 6.01. The van der Waals surface area contributed by atoms with Crippen molar-refractivity contribution in [1.29, 1.82) is 0 Å². The fourth-order valence-corrected chi connectivity index (χ4v) is 1.49. The first-order valence-electron chi connectivity index (χ1n) is 5.62. The van der Waals surface area contributed by atoms with Gasteiger partial charge in [-0.25, -0.2) is 4.79 Å². The van der Waals surface area contributed by atoms with Crippen molar-refractivity contribution in [3.63, 3.8) is 0 Å². The number of hydroxylamine groups is 2. The molecule has 96 valence electrons. The quantitative estimate of drug-likeness (QED) is 0.506. The summed E-state index contributed by atoms with van der Waals surface area (Å²) in [6.07, 6.45) is 1.56. The van der Waals surface area contributed by atoms with Gasteiger partial charge in [-0.1, -0.05) is 6.92 Å². The summed E-state index contributed by atoms with van der Waals surface area (Å²) in [6, 6.07) is 0. The van der Waals surface area contributed by atoms with Crippen molar-refractivity contribution < 1.29 is 24.0 Å². The van der Waals surface area contributed by atoms with Gasteiger partial charge in [0, 0.05) is 26.6 Å². The van der Waals surface area contributed by atoms with E-state index in [1.54, 1.807) is 14.0 Å². The Morgan fingerprint density at radius 2 is 1.94 bits per heavy atom. The van der Waals surface area contributed by atoms with E-state index in [1.807, 2.05) is 0 Å². The molecule has 0 saturated carbocycles. The van der Waals surface area contributed by atoms with Gasteiger partial charge in [0.05, 0.1) is 5.92 Å². The van der Waals surface area contributed by atoms with Crippen LogP contribution in [0.25, 0.3) is 0 Å². The zero-order chi connectivity index (χ0) is 12.8. The number of carbonyl (C=O) groups excluding carboxylic acids is 3. The molecule has 1 heterocycles. The van der Waals surface area contributed by atoms with E-state index in [4.69, 9.17) is 9.57 Å². The highest BCUT2D eigenvalue weighted by Crippen LogP contribution is 2.15. The zero-order valence-electron chi connectivity index (χ0n) is 10.1. The fourth-order valence-electron chi connectivity index (χ4n) is 1.49. The lowest BCUT2D eigenvalue weighted by molar-refractivity contribution is -0.200. The lowest BCUT2D eigenvalue weighted by Gasteiger charge is -2.15. The molecule has 6 heteroatoms. The van der Waals surface area contributed by atoms with E-state index in [0.29, 0.717) is 18.1 Å². The van der Waals surface area contributed by atoms with Crippen molar-refractivity contribution in [2.24, 2.45) is 5.92 Å². The first-order valence-corrected chi connectivity index (χ1v) is 5.62. The van der Waals surface area contributed by atoms with Crippen LogP contribution in [-0.2, 0) is 24.0 Å². The Morgan fingerprint density at radius 1 is 1.35 bits per heavy atom. The molecule has 0 aromatic rings. The number of amides is 2. The van der Waals surface area contributed by atoms with Gasteiger partial charge in [-0.15, -0.1) is 5.06 Å². The van der Waals surface area contributed by atoms with E-state index in [0.717, 1.165) is 6.42 Å². The monoisotopic (exact) mass is 243 g/mol. The number of carbonyl (C=O) groups is 3. The Kier molecular flexibility index (Phi) is 5.09. The van der Waals surface area contributed by atoms with Gasteiger partial charge in [0.15, 0.2) is 0 Å². The van der Waals surface area contributed by atoms with Crippen LogP contribution in [0, 0.1) is 5.92 Å². The molecule has 0 radical (unpaired) electrons. The SMILES string of the molecule is COCCCC(C)C(=O)ON1C(=O)CCC1=O. The molecule has 6 nitrogen and oxygen atoms in total. The fraction of sp³-hybridized carbons (Fsp3) is 0.727. The van der Waals surface area contributed by atoms with E-state index in [9.17, 15) is 14.4 Å². The zero-order valence-corrected chi connectivity index (χ0v) is 10.1. The molecular weight excluding hydrogens is 226 g/mol. The third kappa shape index (κ3) is 3.81. The second kappa shape index (κ2) is 6.34. The Balaban J connectivity index is 2.37. The number of nitrogens with zero attached hydrogens (tertiary/aromatic N) is 1. The maximum Gasteiger partial charge on any atom is 0.335 e. The molecule has 2 amide bonds. The van der Waals surface area contributed by atoms with Gasteiger partial charge in [0.1, 0.15) is 0 Å². The second-order valence-corrected chi connectivity index (χ2v) is 4.03. The van der Waals surface area contributed by atoms with Crippen LogP contribution in [0.2, 0.25) is 0 Å². The molecule has 1 aliphatic heterocycles. The molecule has 0 spiro atoms. The molecule has 17 heavy (non-hydrogen) atoms. The van der Waals surface area contributed by atoms with Gasteiger partial charge in [0.2, 0.25) is 0 Å². The van der Waals surface area contributed by atoms with E-state index in [1.165, 1.54) is 0 Å². The van der Waals surface area contributed by atoms with Crippen LogP contribution in [0.15, 0.2) is 0 Å². The number of rotatable bonds is 6. The van der Waals surface area contributed by atoms with Crippen molar-refractivity contribution in [3.05, 3.63) is 0 Å². The van der Waals surface area contributed by atoms with Crippen LogP contribution in [0.5, 0.6) is 0 Å². The Hall–Kier alpha value is -1.43. The van der Waals surface area contributed by atoms with Gasteiger partial charge < -0.3 is 9.57 Å². The molecule has 1 unspecified atom stereocenters. The van der Waals surface area contributed by atoms with E-state index in [-0.39, 0.29) is 18.8 Å². The standard InChI is InChI=1S/C11H17NO5/c1-8(4-3-7-16-2)11(15)17-12-9(13)5-6-10(12)14/h8H,3-7H2,1-2H3. The predicted molar refractivity (Wildman–Crippen MR) is 57.5 cm³/mol. The topological polar surface area (TPSA) is 72.9 Å². The molecule has 0 aromatic heterocycles. The molecule has 0 bridgehead atoms. The smallest absolute Gasteiger partial charge is 0.335 e. The van der Waals surface area contributed by atoms with Crippen molar-refractivity contribution >= 4 is 17.8 Å². The summed E-state index contributed by atoms with van der Waals surface area (Å²) in [5, 5.41) is 0.579. The molecule has 0 aromatic carbocycles. The Labute approximate surface area is 99.8 Å². The number of methoxy groups -OCH3 is 1. The number of ether oxygens (including phenoxy) is 1. The molecule has 1 rings (SSSR count). The van der Waals surface area contributed by atoms with E-state index >= 15 is 0 Å². The molecule has 0 N–H and O–H groups in total. The maximum absolute atomic E-state index is 11.6. The minimum atomic E-state index is -0.551. The van der Waals surface area contributed by atoms with Gasteiger partial charge in [-0.05, 0) is 12.8 Å². The van der Waals surface area contributed by atoms with Gasteiger partial charge in [0.25, 0.3) is 11.8 Å². The lowest BCUT2D eigenvalue weighted by Crippen LogP contribution is -2.34. The highest BCUT2D eigenvalue weighted by Gasteiger charge is 2.33. The number of hydrogen-bond acceptors (Lipinski definition) is 5. The Morgan fingerprint density at radius 3 is 2.47 bits per heavy atom. The van der Waals surface area contributed by atoms with Crippen molar-refractivity contribution in [2.45, 2.75) is 32.6 Å². The first kappa shape index (κ1) is 13.6. The summed E-state index contributed by atoms with van der Waals surface area (Å²) < 4.78 is 4.87. The average molecular weight is 243 g/mol. The van der Waals surface area contributed by atoms with Crippen molar-refractivity contribution in [2.75, 3.05) is 13.7 Å². The summed E-state index contributed by atoms with van der Waals surface area (Å²) in [6.45, 7) is 2.27. The average Bonchev–Trinajstić information content (AvgIpc) is 2.61. The molecule has 0 aliphatic carbocycles. The number of hydrogen-bond donors (Lipinski definition) is 0. The van der Waals surface area contributed by atoms with Crippen LogP contribution in [-0.4, -0.2) is 36.6 Å². The van der Waals surface area contributed by atoms with Crippen molar-refractivity contribution in [3.8, 4) is 0 Å². The van der Waals surface area contributed by atoms with Gasteiger partial charge >= 0.3 is 5.97 Å². The van der Waals surface area contributed by atoms with E-state index in [2.05, 4.69) is 0 Å². The van der Waals surface area contributed by atoms with Crippen LogP contribution >= 0.6 is 0 Å². The minimum absolute atomic E-state index is 0.115. The second-order valence-electron chi connectivity index (χ2n) is 4.03. The third-order valence-corrected chi connectivity index (χ3v) is 2.57. The van der Waals surface area contributed by atoms with Crippen molar-refractivity contribution in [1.82, 2.24) is 5.06 Å². The summed E-state index contributed by atoms with van der Waals surface area (Å²) in [7, 11) is 1.59. The van der Waals surface area contributed by atoms with Crippen LogP contribution < -0.4 is 0 Å². The third-order valence-electron chi connectivity index (χ3n) is 2.57. The van der Waals surface area contributed by atoms with Gasteiger partial charge in [-0.2, -0.15) is 0 Å². The van der Waals surface area contributed by atoms with Crippen LogP contribution in [0.4, 0.5) is 0 Å². The van der Waals surface area contributed by atoms with Gasteiger partial charge in [-0.3, -0.25) is 9.59 Å². The Bertz CT molecular complexity index is 299. The van der Waals surface area contributed by atoms with Crippen LogP contribution in [0.3, 0.4) is 0 Å². The summed E-state index contributed by atoms with van der Waals surface area (Å²) in [5.41, 5.74) is 0. The summed E-state index contributed by atoms with van der Waals surface area (Å²) in [5.74, 6) is -1.81. The largest absolute Gasteiger partial charge is 0.385 e. The molecule has 1 aliphatic rings. The summed E-state index contributed by atoms with van der Waals surface area (Å²) >= 11 is 0. The summed E-state index contributed by atoms with van der Waals surface area (Å²) in [4.78, 5) is 38.8. The number of imide groups is 1. The highest BCUT2D eigenvalue weighted by atomic mass is 16.7. The maximum atomic E-state index is 11.6. The molecule has 1 fully saturated rings. The lowest BCUT2D eigenvalue weighted by atomic mass is 10.1. The first-order chi connectivity index (χ1) is 8.06. The van der Waals surface area contributed by atoms with Crippen LogP contribution in [0.1, 0.15) is 32.6 Å². The minimum Gasteiger partial charge on any atom is -0.385 e. The molecule has 1 atom stereocenters. The normalized spacial score (nSPS) is 17.4. The van der Waals surface area contributed by atoms with E-state index < -0.39 is 17.8 Å². The molecular formula is C11H17NO5. The molecule has 1 saturated heterocycles.